The number of piperazine rings is 1. The standard InChI is InChI=1S/C23H21F3N4O4/c24-12-3-1-11(2-4-12)14-9-29(8-7-28-14)21-17(25)19(27)16-20(18(21)26)30(13-5-6-13)10-15(22(16)31)34-23(32)33/h1-4,10,13-14,28H,5-9,27H2,(H,32,33). The second-order valence-electron chi connectivity index (χ2n) is 8.45. The number of carbonyl (C=O) groups is 1. The van der Waals surface area contributed by atoms with Crippen molar-refractivity contribution < 1.29 is 27.8 Å². The highest BCUT2D eigenvalue weighted by Crippen LogP contribution is 2.42. The number of aromatic nitrogens is 1. The van der Waals surface area contributed by atoms with Crippen molar-refractivity contribution in [3.05, 3.63) is 63.7 Å². The van der Waals surface area contributed by atoms with Gasteiger partial charge in [-0.2, -0.15) is 0 Å². The molecule has 178 valence electrons. The first-order chi connectivity index (χ1) is 16.3. The van der Waals surface area contributed by atoms with E-state index >= 15 is 8.78 Å². The predicted molar refractivity (Wildman–Crippen MR) is 119 cm³/mol. The predicted octanol–water partition coefficient (Wildman–Crippen LogP) is 3.54. The van der Waals surface area contributed by atoms with Crippen LogP contribution in [0.2, 0.25) is 0 Å². The normalized spacial score (nSPS) is 18.3. The van der Waals surface area contributed by atoms with Gasteiger partial charge in [-0.15, -0.1) is 0 Å². The minimum absolute atomic E-state index is 0.179. The molecule has 1 atom stereocenters. The summed E-state index contributed by atoms with van der Waals surface area (Å²) in [6.45, 7) is 0.850. The van der Waals surface area contributed by atoms with Crippen LogP contribution in [0.25, 0.3) is 10.9 Å². The Kier molecular flexibility index (Phi) is 5.35. The summed E-state index contributed by atoms with van der Waals surface area (Å²) in [5, 5.41) is 11.8. The molecule has 1 aliphatic carbocycles. The number of hydrogen-bond donors (Lipinski definition) is 3. The van der Waals surface area contributed by atoms with Gasteiger partial charge in [-0.3, -0.25) is 4.79 Å². The molecule has 5 rings (SSSR count). The molecule has 11 heteroatoms. The maximum Gasteiger partial charge on any atom is 0.511 e. The van der Waals surface area contributed by atoms with Crippen molar-refractivity contribution >= 4 is 28.4 Å². The molecule has 2 aromatic carbocycles. The number of carboxylic acid groups (broad SMARTS) is 1. The van der Waals surface area contributed by atoms with Crippen molar-refractivity contribution in [2.24, 2.45) is 0 Å². The molecule has 0 radical (unpaired) electrons. The van der Waals surface area contributed by atoms with Crippen LogP contribution < -0.4 is 26.1 Å². The number of benzene rings is 2. The molecule has 0 amide bonds. The Bertz CT molecular complexity index is 1360. The van der Waals surface area contributed by atoms with Gasteiger partial charge < -0.3 is 30.4 Å². The minimum Gasteiger partial charge on any atom is -0.449 e. The van der Waals surface area contributed by atoms with E-state index in [9.17, 15) is 14.0 Å². The number of anilines is 2. The Labute approximate surface area is 191 Å². The SMILES string of the molecule is Nc1c(F)c(N2CCNC(c3ccc(F)cc3)C2)c(F)c2c1c(=O)c(OC(=O)O)cn2C1CC1. The first-order valence-corrected chi connectivity index (χ1v) is 10.8. The van der Waals surface area contributed by atoms with Crippen LogP contribution in [0.3, 0.4) is 0 Å². The lowest BCUT2D eigenvalue weighted by Gasteiger charge is -2.36. The zero-order chi connectivity index (χ0) is 24.1. The summed E-state index contributed by atoms with van der Waals surface area (Å²) in [5.41, 5.74) is 4.64. The third kappa shape index (κ3) is 3.71. The zero-order valence-corrected chi connectivity index (χ0v) is 17.9. The van der Waals surface area contributed by atoms with E-state index in [-0.39, 0.29) is 42.2 Å². The Hall–Kier alpha value is -3.73. The number of nitrogen functional groups attached to an aromatic ring is 1. The van der Waals surface area contributed by atoms with Gasteiger partial charge in [0.2, 0.25) is 5.43 Å². The Morgan fingerprint density at radius 1 is 1.15 bits per heavy atom. The van der Waals surface area contributed by atoms with Crippen LogP contribution >= 0.6 is 0 Å². The summed E-state index contributed by atoms with van der Waals surface area (Å²) >= 11 is 0. The zero-order valence-electron chi connectivity index (χ0n) is 17.9. The first kappa shape index (κ1) is 22.1. The highest BCUT2D eigenvalue weighted by molar-refractivity contribution is 5.96. The van der Waals surface area contributed by atoms with E-state index in [0.29, 0.717) is 19.4 Å². The van der Waals surface area contributed by atoms with E-state index in [4.69, 9.17) is 10.8 Å². The second kappa shape index (κ2) is 8.24. The number of ether oxygens (including phenoxy) is 1. The quantitative estimate of drug-likeness (QED) is 0.392. The Morgan fingerprint density at radius 3 is 2.50 bits per heavy atom. The van der Waals surface area contributed by atoms with Crippen molar-refractivity contribution in [3.63, 3.8) is 0 Å². The van der Waals surface area contributed by atoms with Crippen LogP contribution in [0.1, 0.15) is 30.5 Å². The fourth-order valence-corrected chi connectivity index (χ4v) is 4.48. The van der Waals surface area contributed by atoms with Crippen LogP contribution in [0, 0.1) is 17.5 Å². The molecule has 2 aliphatic rings. The van der Waals surface area contributed by atoms with Crippen LogP contribution in [0.4, 0.5) is 29.3 Å². The number of nitrogens with two attached hydrogens (primary N) is 1. The average Bonchev–Trinajstić information content (AvgIpc) is 3.64. The second-order valence-corrected chi connectivity index (χ2v) is 8.45. The van der Waals surface area contributed by atoms with Crippen LogP contribution in [0.15, 0.2) is 35.3 Å². The number of nitrogens with one attached hydrogen (secondary N) is 1. The number of fused-ring (bicyclic) bond motifs is 1. The largest absolute Gasteiger partial charge is 0.511 e. The molecule has 0 bridgehead atoms. The number of rotatable bonds is 4. The van der Waals surface area contributed by atoms with E-state index in [2.05, 4.69) is 10.1 Å². The van der Waals surface area contributed by atoms with Gasteiger partial charge in [-0.05, 0) is 30.5 Å². The monoisotopic (exact) mass is 474 g/mol. The summed E-state index contributed by atoms with van der Waals surface area (Å²) in [7, 11) is 0. The fraction of sp³-hybridized carbons (Fsp3) is 0.304. The molecule has 1 unspecified atom stereocenters. The molecule has 34 heavy (non-hydrogen) atoms. The molecule has 4 N–H and O–H groups in total. The molecule has 8 nitrogen and oxygen atoms in total. The topological polar surface area (TPSA) is 110 Å². The maximum absolute atomic E-state index is 16.0. The smallest absolute Gasteiger partial charge is 0.449 e. The van der Waals surface area contributed by atoms with E-state index < -0.39 is 40.0 Å². The van der Waals surface area contributed by atoms with E-state index in [1.165, 1.54) is 21.6 Å². The van der Waals surface area contributed by atoms with Gasteiger partial charge in [0.25, 0.3) is 0 Å². The lowest BCUT2D eigenvalue weighted by atomic mass is 10.0. The van der Waals surface area contributed by atoms with Gasteiger partial charge in [-0.1, -0.05) is 12.1 Å². The lowest BCUT2D eigenvalue weighted by Crippen LogP contribution is -2.46. The molecular formula is C23H21F3N4O4. The van der Waals surface area contributed by atoms with Crippen LogP contribution in [-0.2, 0) is 0 Å². The molecular weight excluding hydrogens is 453 g/mol. The summed E-state index contributed by atoms with van der Waals surface area (Å²) < 4.78 is 50.8. The molecule has 1 aromatic heterocycles. The number of halogens is 3. The molecule has 2 heterocycles. The summed E-state index contributed by atoms with van der Waals surface area (Å²) in [6, 6.07) is 5.33. The molecule has 1 saturated heterocycles. The average molecular weight is 474 g/mol. The van der Waals surface area contributed by atoms with Gasteiger partial charge in [0, 0.05) is 31.7 Å². The Balaban J connectivity index is 1.65. The van der Waals surface area contributed by atoms with E-state index in [1.807, 2.05) is 0 Å². The lowest BCUT2D eigenvalue weighted by molar-refractivity contribution is 0.143. The Morgan fingerprint density at radius 2 is 1.85 bits per heavy atom. The number of pyridine rings is 1. The van der Waals surface area contributed by atoms with Gasteiger partial charge in [-0.25, -0.2) is 18.0 Å². The van der Waals surface area contributed by atoms with Gasteiger partial charge in [0.05, 0.1) is 22.8 Å². The molecule has 0 spiro atoms. The minimum atomic E-state index is -1.72. The summed E-state index contributed by atoms with van der Waals surface area (Å²) in [5.74, 6) is -3.01. The molecule has 1 saturated carbocycles. The van der Waals surface area contributed by atoms with E-state index in [1.54, 1.807) is 12.1 Å². The third-order valence-electron chi connectivity index (χ3n) is 6.23. The van der Waals surface area contributed by atoms with Gasteiger partial charge in [0.1, 0.15) is 11.5 Å². The number of hydrogen-bond acceptors (Lipinski definition) is 6. The maximum atomic E-state index is 16.0. The molecule has 1 aliphatic heterocycles. The van der Waals surface area contributed by atoms with Crippen molar-refractivity contribution in [3.8, 4) is 5.75 Å². The van der Waals surface area contributed by atoms with E-state index in [0.717, 1.165) is 11.8 Å². The number of nitrogens with zero attached hydrogens (tertiary/aromatic N) is 2. The fourth-order valence-electron chi connectivity index (χ4n) is 4.48. The first-order valence-electron chi connectivity index (χ1n) is 10.8. The molecule has 3 aromatic rings. The summed E-state index contributed by atoms with van der Waals surface area (Å²) in [4.78, 5) is 25.4. The highest BCUT2D eigenvalue weighted by Gasteiger charge is 2.34. The van der Waals surface area contributed by atoms with Gasteiger partial charge >= 0.3 is 6.16 Å². The van der Waals surface area contributed by atoms with Crippen molar-refractivity contribution in [2.45, 2.75) is 24.9 Å². The van der Waals surface area contributed by atoms with Crippen LogP contribution in [-0.4, -0.2) is 35.5 Å². The summed E-state index contributed by atoms with van der Waals surface area (Å²) in [6.07, 6.45) is 0.774. The molecule has 2 fully saturated rings. The van der Waals surface area contributed by atoms with Crippen molar-refractivity contribution in [1.29, 1.82) is 0 Å². The van der Waals surface area contributed by atoms with Crippen LogP contribution in [0.5, 0.6) is 5.75 Å². The van der Waals surface area contributed by atoms with Gasteiger partial charge in [0.15, 0.2) is 17.4 Å². The third-order valence-corrected chi connectivity index (χ3v) is 6.23. The van der Waals surface area contributed by atoms with Crippen molar-refractivity contribution in [1.82, 2.24) is 9.88 Å². The highest BCUT2D eigenvalue weighted by atomic mass is 19.1. The van der Waals surface area contributed by atoms with Crippen molar-refractivity contribution in [2.75, 3.05) is 30.3 Å².